The third-order valence-electron chi connectivity index (χ3n) is 6.05. The molecule has 1 saturated heterocycles. The van der Waals surface area contributed by atoms with Crippen molar-refractivity contribution in [2.24, 2.45) is 0 Å². The first-order valence-electron chi connectivity index (χ1n) is 12.1. The average Bonchev–Trinajstić information content (AvgIpc) is 2.93. The van der Waals surface area contributed by atoms with Crippen molar-refractivity contribution in [3.05, 3.63) is 95.0 Å². The van der Waals surface area contributed by atoms with Gasteiger partial charge in [-0.1, -0.05) is 41.9 Å². The van der Waals surface area contributed by atoms with Gasteiger partial charge in [0.2, 0.25) is 5.91 Å². The van der Waals surface area contributed by atoms with Crippen LogP contribution in [0, 0.1) is 0 Å². The highest BCUT2D eigenvalue weighted by atomic mass is 35.5. The molecule has 3 aromatic rings. The lowest BCUT2D eigenvalue weighted by Crippen LogP contribution is -2.62. The first kappa shape index (κ1) is 26.0. The van der Waals surface area contributed by atoms with Crippen molar-refractivity contribution in [3.63, 3.8) is 0 Å². The second-order valence-corrected chi connectivity index (χ2v) is 8.99. The Labute approximate surface area is 221 Å². The number of piperazine rings is 1. The molecular formula is C28H29ClN4O4. The largest absolute Gasteiger partial charge is 0.494 e. The molecule has 0 aliphatic carbocycles. The Kier molecular flexibility index (Phi) is 8.64. The Hall–Kier alpha value is -4.04. The van der Waals surface area contributed by atoms with Crippen molar-refractivity contribution < 1.29 is 19.1 Å². The summed E-state index contributed by atoms with van der Waals surface area (Å²) in [5.74, 6) is 0.0952. The molecule has 4 amide bonds. The topological polar surface area (TPSA) is 91.0 Å². The van der Waals surface area contributed by atoms with Gasteiger partial charge in [0.1, 0.15) is 11.8 Å². The smallest absolute Gasteiger partial charge is 0.321 e. The molecule has 3 aromatic carbocycles. The first-order valence-corrected chi connectivity index (χ1v) is 12.5. The van der Waals surface area contributed by atoms with E-state index in [1.54, 1.807) is 53.4 Å². The number of carbonyl (C=O) groups is 3. The van der Waals surface area contributed by atoms with Crippen molar-refractivity contribution in [1.82, 2.24) is 15.1 Å². The van der Waals surface area contributed by atoms with Crippen LogP contribution in [-0.4, -0.2) is 59.9 Å². The Bertz CT molecular complexity index is 1220. The number of ether oxygens (including phenoxy) is 1. The number of nitrogens with one attached hydrogen (secondary N) is 2. The molecule has 0 radical (unpaired) electrons. The SMILES string of the molecule is CCOc1ccc(NC(=O)N2CCN(C(=O)c3ccc(Cl)cc3)C(C(=O)NCc3ccccc3)C2)cc1. The van der Waals surface area contributed by atoms with Crippen LogP contribution in [0.1, 0.15) is 22.8 Å². The number of nitrogens with zero attached hydrogens (tertiary/aromatic N) is 2. The van der Waals surface area contributed by atoms with Crippen LogP contribution in [-0.2, 0) is 11.3 Å². The summed E-state index contributed by atoms with van der Waals surface area (Å²) in [4.78, 5) is 42.7. The van der Waals surface area contributed by atoms with E-state index in [9.17, 15) is 14.4 Å². The summed E-state index contributed by atoms with van der Waals surface area (Å²) in [6, 6.07) is 21.9. The molecule has 192 valence electrons. The monoisotopic (exact) mass is 520 g/mol. The number of benzene rings is 3. The fourth-order valence-electron chi connectivity index (χ4n) is 4.10. The summed E-state index contributed by atoms with van der Waals surface area (Å²) < 4.78 is 5.44. The number of anilines is 1. The van der Waals surface area contributed by atoms with Crippen LogP contribution >= 0.6 is 11.6 Å². The minimum absolute atomic E-state index is 0.0583. The zero-order valence-corrected chi connectivity index (χ0v) is 21.3. The van der Waals surface area contributed by atoms with E-state index in [4.69, 9.17) is 16.3 Å². The Morgan fingerprint density at radius 2 is 1.65 bits per heavy atom. The lowest BCUT2D eigenvalue weighted by molar-refractivity contribution is -0.127. The molecule has 1 aliphatic rings. The molecule has 4 rings (SSSR count). The predicted molar refractivity (Wildman–Crippen MR) is 143 cm³/mol. The number of halogens is 1. The van der Waals surface area contributed by atoms with E-state index >= 15 is 0 Å². The lowest BCUT2D eigenvalue weighted by atomic mass is 10.1. The summed E-state index contributed by atoms with van der Waals surface area (Å²) in [7, 11) is 0. The summed E-state index contributed by atoms with van der Waals surface area (Å²) in [5.41, 5.74) is 1.98. The normalized spacial score (nSPS) is 15.1. The van der Waals surface area contributed by atoms with Crippen LogP contribution in [0.4, 0.5) is 10.5 Å². The molecular weight excluding hydrogens is 492 g/mol. The summed E-state index contributed by atoms with van der Waals surface area (Å²) in [6.07, 6.45) is 0. The fraction of sp³-hybridized carbons (Fsp3) is 0.250. The Balaban J connectivity index is 1.48. The van der Waals surface area contributed by atoms with Crippen molar-refractivity contribution in [2.45, 2.75) is 19.5 Å². The van der Waals surface area contributed by atoms with Gasteiger partial charge in [-0.05, 0) is 61.0 Å². The van der Waals surface area contributed by atoms with Crippen molar-refractivity contribution in [1.29, 1.82) is 0 Å². The number of rotatable bonds is 7. The predicted octanol–water partition coefficient (Wildman–Crippen LogP) is 4.41. The quantitative estimate of drug-likeness (QED) is 0.482. The van der Waals surface area contributed by atoms with Gasteiger partial charge in [-0.15, -0.1) is 0 Å². The molecule has 0 saturated carbocycles. The highest BCUT2D eigenvalue weighted by Crippen LogP contribution is 2.20. The van der Waals surface area contributed by atoms with E-state index in [0.29, 0.717) is 35.2 Å². The molecule has 1 aliphatic heterocycles. The highest BCUT2D eigenvalue weighted by Gasteiger charge is 2.37. The van der Waals surface area contributed by atoms with Crippen LogP contribution in [0.25, 0.3) is 0 Å². The number of urea groups is 1. The Morgan fingerprint density at radius 3 is 2.32 bits per heavy atom. The van der Waals surface area contributed by atoms with Crippen LogP contribution in [0.2, 0.25) is 5.02 Å². The summed E-state index contributed by atoms with van der Waals surface area (Å²) in [5, 5.41) is 6.30. The molecule has 8 nitrogen and oxygen atoms in total. The zero-order chi connectivity index (χ0) is 26.2. The molecule has 0 bridgehead atoms. The third kappa shape index (κ3) is 6.80. The van der Waals surface area contributed by atoms with E-state index in [-0.39, 0.29) is 37.5 Å². The highest BCUT2D eigenvalue weighted by molar-refractivity contribution is 6.30. The van der Waals surface area contributed by atoms with Gasteiger partial charge in [0, 0.05) is 35.9 Å². The van der Waals surface area contributed by atoms with E-state index < -0.39 is 6.04 Å². The van der Waals surface area contributed by atoms with Gasteiger partial charge in [0.25, 0.3) is 5.91 Å². The number of hydrogen-bond acceptors (Lipinski definition) is 4. The van der Waals surface area contributed by atoms with Crippen LogP contribution in [0.3, 0.4) is 0 Å². The molecule has 37 heavy (non-hydrogen) atoms. The molecule has 1 unspecified atom stereocenters. The van der Waals surface area contributed by atoms with Gasteiger partial charge in [0.15, 0.2) is 0 Å². The van der Waals surface area contributed by atoms with Crippen molar-refractivity contribution in [2.75, 3.05) is 31.6 Å². The molecule has 1 heterocycles. The number of hydrogen-bond donors (Lipinski definition) is 2. The lowest BCUT2D eigenvalue weighted by Gasteiger charge is -2.40. The van der Waals surface area contributed by atoms with Crippen molar-refractivity contribution in [3.8, 4) is 5.75 Å². The molecule has 1 fully saturated rings. The molecule has 0 aromatic heterocycles. The zero-order valence-electron chi connectivity index (χ0n) is 20.5. The van der Waals surface area contributed by atoms with E-state index in [0.717, 1.165) is 5.56 Å². The minimum atomic E-state index is -0.855. The van der Waals surface area contributed by atoms with Crippen LogP contribution < -0.4 is 15.4 Å². The maximum Gasteiger partial charge on any atom is 0.321 e. The number of carbonyl (C=O) groups excluding carboxylic acids is 3. The standard InChI is InChI=1S/C28H29ClN4O4/c1-2-37-24-14-12-23(13-15-24)31-28(36)32-16-17-33(27(35)21-8-10-22(29)11-9-21)25(19-32)26(34)30-18-20-6-4-3-5-7-20/h3-15,25H,2,16-19H2,1H3,(H,30,34)(H,31,36). The van der Waals surface area contributed by atoms with Gasteiger partial charge in [-0.25, -0.2) is 4.79 Å². The van der Waals surface area contributed by atoms with Gasteiger partial charge in [-0.2, -0.15) is 0 Å². The minimum Gasteiger partial charge on any atom is -0.494 e. The second kappa shape index (κ2) is 12.3. The van der Waals surface area contributed by atoms with Gasteiger partial charge < -0.3 is 25.2 Å². The van der Waals surface area contributed by atoms with E-state index in [1.807, 2.05) is 37.3 Å². The maximum absolute atomic E-state index is 13.3. The molecule has 1 atom stereocenters. The number of amides is 4. The fourth-order valence-corrected chi connectivity index (χ4v) is 4.23. The Morgan fingerprint density at radius 1 is 0.946 bits per heavy atom. The average molecular weight is 521 g/mol. The molecule has 2 N–H and O–H groups in total. The summed E-state index contributed by atoms with van der Waals surface area (Å²) in [6.45, 7) is 3.32. The molecule has 0 spiro atoms. The third-order valence-corrected chi connectivity index (χ3v) is 6.30. The van der Waals surface area contributed by atoms with Crippen LogP contribution in [0.5, 0.6) is 5.75 Å². The van der Waals surface area contributed by atoms with Gasteiger partial charge in [0.05, 0.1) is 13.2 Å². The van der Waals surface area contributed by atoms with E-state index in [2.05, 4.69) is 10.6 Å². The van der Waals surface area contributed by atoms with E-state index in [1.165, 1.54) is 4.90 Å². The summed E-state index contributed by atoms with van der Waals surface area (Å²) >= 11 is 5.98. The maximum atomic E-state index is 13.3. The van der Waals surface area contributed by atoms with Gasteiger partial charge >= 0.3 is 6.03 Å². The van der Waals surface area contributed by atoms with Gasteiger partial charge in [-0.3, -0.25) is 9.59 Å². The second-order valence-electron chi connectivity index (χ2n) is 8.56. The van der Waals surface area contributed by atoms with Crippen LogP contribution in [0.15, 0.2) is 78.9 Å². The first-order chi connectivity index (χ1) is 17.9. The van der Waals surface area contributed by atoms with Crippen molar-refractivity contribution >= 4 is 35.1 Å². The molecule has 9 heteroatoms.